The van der Waals surface area contributed by atoms with Gasteiger partial charge in [0.1, 0.15) is 0 Å². The predicted molar refractivity (Wildman–Crippen MR) is 88.5 cm³/mol. The van der Waals surface area contributed by atoms with Crippen LogP contribution < -0.4 is 10.2 Å². The van der Waals surface area contributed by atoms with E-state index in [1.165, 1.54) is 0 Å². The summed E-state index contributed by atoms with van der Waals surface area (Å²) in [6.07, 6.45) is 2.10. The van der Waals surface area contributed by atoms with Crippen LogP contribution in [0.2, 0.25) is 0 Å². The molecule has 2 fully saturated rings. The Morgan fingerprint density at radius 3 is 2.75 bits per heavy atom. The summed E-state index contributed by atoms with van der Waals surface area (Å²) in [6, 6.07) is 6.02. The number of esters is 1. The first-order valence-corrected chi connectivity index (χ1v) is 8.28. The lowest BCUT2D eigenvalue weighted by Gasteiger charge is -2.20. The summed E-state index contributed by atoms with van der Waals surface area (Å²) >= 11 is 0. The zero-order valence-electron chi connectivity index (χ0n) is 14.0. The maximum Gasteiger partial charge on any atom is 0.311 e. The zero-order chi connectivity index (χ0) is 17.3. The predicted octanol–water partition coefficient (Wildman–Crippen LogP) is 1.48. The second-order valence-corrected chi connectivity index (χ2v) is 6.57. The van der Waals surface area contributed by atoms with Gasteiger partial charge in [-0.25, -0.2) is 0 Å². The molecule has 0 bridgehead atoms. The van der Waals surface area contributed by atoms with Gasteiger partial charge in [0.05, 0.1) is 5.92 Å². The van der Waals surface area contributed by atoms with E-state index in [2.05, 4.69) is 5.32 Å². The van der Waals surface area contributed by atoms with Crippen LogP contribution in [0.3, 0.4) is 0 Å². The molecule has 6 heteroatoms. The molecule has 1 aliphatic heterocycles. The summed E-state index contributed by atoms with van der Waals surface area (Å²) in [4.78, 5) is 37.6. The third-order valence-corrected chi connectivity index (χ3v) is 4.61. The van der Waals surface area contributed by atoms with Crippen LogP contribution in [0.15, 0.2) is 18.2 Å². The number of hydrogen-bond acceptors (Lipinski definition) is 4. The van der Waals surface area contributed by atoms with Gasteiger partial charge in [-0.15, -0.1) is 0 Å². The lowest BCUT2D eigenvalue weighted by Crippen LogP contribution is -2.32. The van der Waals surface area contributed by atoms with Gasteiger partial charge in [-0.05, 0) is 43.9 Å². The molecule has 1 aliphatic carbocycles. The highest BCUT2D eigenvalue weighted by Gasteiger charge is 2.37. The molecular weight excluding hydrogens is 308 g/mol. The number of benzene rings is 1. The van der Waals surface area contributed by atoms with E-state index in [1.807, 2.05) is 32.0 Å². The third-order valence-electron chi connectivity index (χ3n) is 4.61. The standard InChI is InChI=1S/C18H22N2O4/c1-11-4-3-5-15(12(11)2)20-9-13(8-17(20)22)18(23)24-10-16(21)19-14-6-7-14/h3-5,13-14H,6-10H2,1-2H3,(H,19,21)/t13-/m0/s1. The molecule has 0 spiro atoms. The van der Waals surface area contributed by atoms with E-state index in [0.717, 1.165) is 29.7 Å². The van der Waals surface area contributed by atoms with Gasteiger partial charge in [-0.1, -0.05) is 12.1 Å². The van der Waals surface area contributed by atoms with Gasteiger partial charge in [-0.3, -0.25) is 14.4 Å². The molecule has 3 rings (SSSR count). The number of nitrogens with zero attached hydrogens (tertiary/aromatic N) is 1. The van der Waals surface area contributed by atoms with Gasteiger partial charge in [0, 0.05) is 24.7 Å². The SMILES string of the molecule is Cc1cccc(N2C[C@@H](C(=O)OCC(=O)NC3CC3)CC2=O)c1C. The molecule has 2 amide bonds. The Balaban J connectivity index is 1.58. The van der Waals surface area contributed by atoms with Crippen LogP contribution in [0.25, 0.3) is 0 Å². The van der Waals surface area contributed by atoms with E-state index in [1.54, 1.807) is 4.90 Å². The van der Waals surface area contributed by atoms with Gasteiger partial charge < -0.3 is 15.0 Å². The molecule has 1 saturated heterocycles. The average molecular weight is 330 g/mol. The van der Waals surface area contributed by atoms with Crippen LogP contribution in [0.5, 0.6) is 0 Å². The molecule has 0 radical (unpaired) electrons. The smallest absolute Gasteiger partial charge is 0.311 e. The van der Waals surface area contributed by atoms with Crippen molar-refractivity contribution in [3.63, 3.8) is 0 Å². The molecule has 1 atom stereocenters. The van der Waals surface area contributed by atoms with E-state index in [9.17, 15) is 14.4 Å². The van der Waals surface area contributed by atoms with Gasteiger partial charge in [0.25, 0.3) is 5.91 Å². The summed E-state index contributed by atoms with van der Waals surface area (Å²) in [5, 5.41) is 2.76. The first kappa shape index (κ1) is 16.5. The average Bonchev–Trinajstić information content (AvgIpc) is 3.27. The Morgan fingerprint density at radius 1 is 1.29 bits per heavy atom. The van der Waals surface area contributed by atoms with Crippen LogP contribution in [-0.2, 0) is 19.1 Å². The molecule has 1 aromatic rings. The summed E-state index contributed by atoms with van der Waals surface area (Å²) in [5.74, 6) is -1.37. The zero-order valence-corrected chi connectivity index (χ0v) is 14.0. The molecular formula is C18H22N2O4. The largest absolute Gasteiger partial charge is 0.455 e. The van der Waals surface area contributed by atoms with E-state index in [4.69, 9.17) is 4.74 Å². The van der Waals surface area contributed by atoms with Gasteiger partial charge in [0.15, 0.2) is 6.61 Å². The summed E-state index contributed by atoms with van der Waals surface area (Å²) in [7, 11) is 0. The first-order valence-electron chi connectivity index (χ1n) is 8.28. The highest BCUT2D eigenvalue weighted by molar-refractivity contribution is 6.00. The van der Waals surface area contributed by atoms with E-state index >= 15 is 0 Å². The van der Waals surface area contributed by atoms with Gasteiger partial charge in [0.2, 0.25) is 5.91 Å². The highest BCUT2D eigenvalue weighted by Crippen LogP contribution is 2.29. The van der Waals surface area contributed by atoms with Crippen molar-refractivity contribution in [3.8, 4) is 0 Å². The van der Waals surface area contributed by atoms with Crippen molar-refractivity contribution < 1.29 is 19.1 Å². The van der Waals surface area contributed by atoms with Crippen molar-refractivity contribution >= 4 is 23.5 Å². The molecule has 1 aromatic carbocycles. The number of aryl methyl sites for hydroxylation is 1. The number of ether oxygens (including phenoxy) is 1. The van der Waals surface area contributed by atoms with Crippen LogP contribution in [0.4, 0.5) is 5.69 Å². The maximum absolute atomic E-state index is 12.3. The minimum atomic E-state index is -0.522. The lowest BCUT2D eigenvalue weighted by molar-refractivity contribution is -0.152. The topological polar surface area (TPSA) is 75.7 Å². The van der Waals surface area contributed by atoms with Crippen molar-refractivity contribution in [1.29, 1.82) is 0 Å². The quantitative estimate of drug-likeness (QED) is 0.830. The van der Waals surface area contributed by atoms with Crippen molar-refractivity contribution in [1.82, 2.24) is 5.32 Å². The van der Waals surface area contributed by atoms with E-state index in [-0.39, 0.29) is 30.9 Å². The Labute approximate surface area is 141 Å². The second kappa shape index (κ2) is 6.63. The molecule has 6 nitrogen and oxygen atoms in total. The number of carbonyl (C=O) groups is 3. The van der Waals surface area contributed by atoms with Crippen LogP contribution in [-0.4, -0.2) is 37.0 Å². The minimum Gasteiger partial charge on any atom is -0.455 e. The number of hydrogen-bond donors (Lipinski definition) is 1. The first-order chi connectivity index (χ1) is 11.5. The number of rotatable bonds is 5. The van der Waals surface area contributed by atoms with Crippen molar-refractivity contribution in [2.24, 2.45) is 5.92 Å². The Morgan fingerprint density at radius 2 is 2.04 bits per heavy atom. The monoisotopic (exact) mass is 330 g/mol. The van der Waals surface area contributed by atoms with E-state index < -0.39 is 11.9 Å². The van der Waals surface area contributed by atoms with Crippen molar-refractivity contribution in [2.75, 3.05) is 18.1 Å². The van der Waals surface area contributed by atoms with Gasteiger partial charge >= 0.3 is 5.97 Å². The molecule has 128 valence electrons. The summed E-state index contributed by atoms with van der Waals surface area (Å²) in [6.45, 7) is 3.98. The third kappa shape index (κ3) is 3.58. The second-order valence-electron chi connectivity index (χ2n) is 6.57. The maximum atomic E-state index is 12.3. The fourth-order valence-corrected chi connectivity index (χ4v) is 2.88. The normalized spacial score (nSPS) is 20.2. The summed E-state index contributed by atoms with van der Waals surface area (Å²) < 4.78 is 5.07. The molecule has 2 aliphatic rings. The lowest BCUT2D eigenvalue weighted by atomic mass is 10.1. The molecule has 1 saturated carbocycles. The molecule has 24 heavy (non-hydrogen) atoms. The minimum absolute atomic E-state index is 0.0897. The number of nitrogens with one attached hydrogen (secondary N) is 1. The highest BCUT2D eigenvalue weighted by atomic mass is 16.5. The Kier molecular flexibility index (Phi) is 4.55. The number of carbonyl (C=O) groups excluding carboxylic acids is 3. The molecule has 0 aromatic heterocycles. The van der Waals surface area contributed by atoms with Crippen LogP contribution in [0.1, 0.15) is 30.4 Å². The van der Waals surface area contributed by atoms with Crippen molar-refractivity contribution in [2.45, 2.75) is 39.2 Å². The fraction of sp³-hybridized carbons (Fsp3) is 0.500. The van der Waals surface area contributed by atoms with E-state index in [0.29, 0.717) is 6.54 Å². The number of amides is 2. The fourth-order valence-electron chi connectivity index (χ4n) is 2.88. The van der Waals surface area contributed by atoms with Crippen molar-refractivity contribution in [3.05, 3.63) is 29.3 Å². The van der Waals surface area contributed by atoms with Crippen LogP contribution in [0, 0.1) is 19.8 Å². The molecule has 0 unspecified atom stereocenters. The van der Waals surface area contributed by atoms with Gasteiger partial charge in [-0.2, -0.15) is 0 Å². The number of anilines is 1. The molecule has 1 heterocycles. The van der Waals surface area contributed by atoms with Crippen LogP contribution >= 0.6 is 0 Å². The Hall–Kier alpha value is -2.37. The molecule has 1 N–H and O–H groups in total. The summed E-state index contributed by atoms with van der Waals surface area (Å²) in [5.41, 5.74) is 2.97. The Bertz CT molecular complexity index is 682.